The lowest BCUT2D eigenvalue weighted by atomic mass is 9.59. The van der Waals surface area contributed by atoms with Crippen molar-refractivity contribution in [3.05, 3.63) is 50.8 Å². The zero-order valence-electron chi connectivity index (χ0n) is 23.3. The van der Waals surface area contributed by atoms with Crippen LogP contribution in [0.5, 0.6) is 5.75 Å². The lowest BCUT2D eigenvalue weighted by molar-refractivity contribution is -0.143. The van der Waals surface area contributed by atoms with Gasteiger partial charge in [-0.2, -0.15) is 0 Å². The number of fused-ring (bicyclic) bond motifs is 3. The fourth-order valence-corrected chi connectivity index (χ4v) is 6.47. The zero-order valence-corrected chi connectivity index (χ0v) is 23.3. The number of allylic oxidation sites excluding steroid dienone is 2. The molecule has 0 bridgehead atoms. The molecule has 4 rings (SSSR count). The fraction of sp³-hybridized carbons (Fsp3) is 0.548. The van der Waals surface area contributed by atoms with E-state index in [0.717, 1.165) is 0 Å². The van der Waals surface area contributed by atoms with Gasteiger partial charge in [-0.05, 0) is 68.4 Å². The van der Waals surface area contributed by atoms with Gasteiger partial charge in [-0.3, -0.25) is 19.2 Å². The molecule has 0 aliphatic heterocycles. The van der Waals surface area contributed by atoms with Crippen molar-refractivity contribution >= 4 is 23.1 Å². The van der Waals surface area contributed by atoms with Gasteiger partial charge in [0.25, 0.3) is 0 Å². The van der Waals surface area contributed by atoms with Crippen LogP contribution in [-0.4, -0.2) is 44.1 Å². The first-order valence-corrected chi connectivity index (χ1v) is 13.4. The predicted octanol–water partition coefficient (Wildman–Crippen LogP) is 5.11. The molecule has 3 atom stereocenters. The van der Waals surface area contributed by atoms with Crippen molar-refractivity contribution < 1.29 is 34.5 Å². The highest BCUT2D eigenvalue weighted by Crippen LogP contribution is 2.53. The SMILES string of the molecule is CC(=O)C1=C(C)C[C@H]2C[C@H]3Cc4c(C(=O)CCC(C)C)cc(C(C)(C)C)c(O)c4C(=O)C3=C(O)[C@@]2(O)C1=O. The molecule has 1 aromatic rings. The number of Topliss-reactive ketones (excluding diaryl/α,β-unsaturated/α-hetero) is 4. The van der Waals surface area contributed by atoms with Crippen LogP contribution in [0.25, 0.3) is 0 Å². The summed E-state index contributed by atoms with van der Waals surface area (Å²) in [5.41, 5.74) is -1.43. The van der Waals surface area contributed by atoms with E-state index in [2.05, 4.69) is 0 Å². The zero-order chi connectivity index (χ0) is 28.5. The Hall–Kier alpha value is -3.06. The summed E-state index contributed by atoms with van der Waals surface area (Å²) in [6, 6.07) is 1.70. The molecule has 0 spiro atoms. The van der Waals surface area contributed by atoms with Crippen molar-refractivity contribution in [1.29, 1.82) is 0 Å². The third-order valence-electron chi connectivity index (χ3n) is 8.48. The van der Waals surface area contributed by atoms with Crippen molar-refractivity contribution in [1.82, 2.24) is 0 Å². The van der Waals surface area contributed by atoms with Gasteiger partial charge < -0.3 is 15.3 Å². The van der Waals surface area contributed by atoms with E-state index >= 15 is 0 Å². The number of phenols is 1. The molecule has 0 saturated heterocycles. The number of phenolic OH excluding ortho intramolecular Hbond substituents is 1. The van der Waals surface area contributed by atoms with E-state index in [0.29, 0.717) is 41.0 Å². The first-order chi connectivity index (χ1) is 17.5. The molecule has 0 aromatic heterocycles. The van der Waals surface area contributed by atoms with Crippen LogP contribution < -0.4 is 0 Å². The summed E-state index contributed by atoms with van der Waals surface area (Å²) in [6.07, 6.45) is 1.64. The summed E-state index contributed by atoms with van der Waals surface area (Å²) < 4.78 is 0. The van der Waals surface area contributed by atoms with Crippen LogP contribution in [0, 0.1) is 17.8 Å². The Morgan fingerprint density at radius 3 is 2.32 bits per heavy atom. The second-order valence-corrected chi connectivity index (χ2v) is 12.7. The maximum atomic E-state index is 14.0. The number of carbonyl (C=O) groups excluding carboxylic acids is 4. The molecular weight excluding hydrogens is 484 g/mol. The van der Waals surface area contributed by atoms with Gasteiger partial charge >= 0.3 is 0 Å². The summed E-state index contributed by atoms with van der Waals surface area (Å²) in [5, 5.41) is 34.3. The van der Waals surface area contributed by atoms with E-state index in [-0.39, 0.29) is 47.5 Å². The van der Waals surface area contributed by atoms with E-state index in [1.165, 1.54) is 6.92 Å². The molecule has 0 radical (unpaired) electrons. The van der Waals surface area contributed by atoms with Crippen molar-refractivity contribution in [3.63, 3.8) is 0 Å². The molecule has 38 heavy (non-hydrogen) atoms. The third kappa shape index (κ3) is 4.15. The Labute approximate surface area is 223 Å². The Bertz CT molecular complexity index is 1330. The molecule has 3 aliphatic rings. The van der Waals surface area contributed by atoms with Gasteiger partial charge in [0.2, 0.25) is 5.78 Å². The monoisotopic (exact) mass is 522 g/mol. The minimum Gasteiger partial charge on any atom is -0.508 e. The van der Waals surface area contributed by atoms with Crippen molar-refractivity contribution in [2.75, 3.05) is 0 Å². The lowest BCUT2D eigenvalue weighted by Gasteiger charge is -2.46. The minimum absolute atomic E-state index is 0.0491. The average Bonchev–Trinajstić information content (AvgIpc) is 2.78. The standard InChI is InChI=1S/C31H38O7/c1-14(2)8-9-22(33)19-13-21(30(5,6)7)26(34)25-20(19)12-17-11-18-10-15(3)23(16(4)32)28(36)31(18,38)29(37)24(17)27(25)35/h13-14,17-18,34,37-38H,8-12H2,1-7H3/t17-,18-,31-/m0/s1. The van der Waals surface area contributed by atoms with E-state index in [1.807, 2.05) is 34.6 Å². The summed E-state index contributed by atoms with van der Waals surface area (Å²) in [5.74, 6) is -4.12. The molecule has 7 heteroatoms. The maximum Gasteiger partial charge on any atom is 0.205 e. The van der Waals surface area contributed by atoms with E-state index in [1.54, 1.807) is 13.0 Å². The average molecular weight is 523 g/mol. The number of aliphatic hydroxyl groups excluding tert-OH is 1. The number of carbonyl (C=O) groups is 4. The Balaban J connectivity index is 1.93. The molecule has 0 fully saturated rings. The van der Waals surface area contributed by atoms with Crippen LogP contribution >= 0.6 is 0 Å². The quantitative estimate of drug-likeness (QED) is 0.362. The topological polar surface area (TPSA) is 129 Å². The van der Waals surface area contributed by atoms with Gasteiger partial charge in [0.15, 0.2) is 23.0 Å². The van der Waals surface area contributed by atoms with Crippen LogP contribution in [0.1, 0.15) is 106 Å². The van der Waals surface area contributed by atoms with Crippen LogP contribution in [0.3, 0.4) is 0 Å². The minimum atomic E-state index is -2.38. The van der Waals surface area contributed by atoms with Gasteiger partial charge in [-0.25, -0.2) is 0 Å². The molecule has 7 nitrogen and oxygen atoms in total. The largest absolute Gasteiger partial charge is 0.508 e. The lowest BCUT2D eigenvalue weighted by Crippen LogP contribution is -2.56. The Morgan fingerprint density at radius 2 is 1.76 bits per heavy atom. The summed E-state index contributed by atoms with van der Waals surface area (Å²) in [6.45, 7) is 12.6. The summed E-state index contributed by atoms with van der Waals surface area (Å²) in [7, 11) is 0. The van der Waals surface area contributed by atoms with Crippen molar-refractivity contribution in [2.45, 2.75) is 91.6 Å². The summed E-state index contributed by atoms with van der Waals surface area (Å²) >= 11 is 0. The highest BCUT2D eigenvalue weighted by molar-refractivity contribution is 6.25. The normalized spacial score (nSPS) is 25.4. The highest BCUT2D eigenvalue weighted by Gasteiger charge is 2.59. The van der Waals surface area contributed by atoms with E-state index in [9.17, 15) is 34.5 Å². The van der Waals surface area contributed by atoms with E-state index < -0.39 is 46.0 Å². The maximum absolute atomic E-state index is 14.0. The smallest absolute Gasteiger partial charge is 0.205 e. The third-order valence-corrected chi connectivity index (χ3v) is 8.48. The molecule has 3 aliphatic carbocycles. The van der Waals surface area contributed by atoms with Crippen LogP contribution in [0.15, 0.2) is 28.5 Å². The van der Waals surface area contributed by atoms with Gasteiger partial charge in [0.05, 0.1) is 11.1 Å². The Kier molecular flexibility index (Phi) is 6.84. The van der Waals surface area contributed by atoms with Gasteiger partial charge in [0, 0.05) is 29.0 Å². The molecule has 3 N–H and O–H groups in total. The molecular formula is C31H38O7. The molecule has 0 amide bonds. The predicted molar refractivity (Wildman–Crippen MR) is 142 cm³/mol. The van der Waals surface area contributed by atoms with Crippen LogP contribution in [-0.2, 0) is 21.4 Å². The van der Waals surface area contributed by atoms with Crippen molar-refractivity contribution in [2.24, 2.45) is 17.8 Å². The van der Waals surface area contributed by atoms with Crippen LogP contribution in [0.2, 0.25) is 0 Å². The molecule has 1 aromatic carbocycles. The first-order valence-electron chi connectivity index (χ1n) is 13.4. The molecule has 0 saturated carbocycles. The van der Waals surface area contributed by atoms with Gasteiger partial charge in [-0.1, -0.05) is 40.2 Å². The molecule has 204 valence electrons. The highest BCUT2D eigenvalue weighted by atomic mass is 16.3. The first kappa shape index (κ1) is 28.0. The number of rotatable bonds is 5. The number of ketones is 4. The molecule has 0 heterocycles. The number of aliphatic hydroxyl groups is 2. The number of aromatic hydroxyl groups is 1. The molecule has 0 unspecified atom stereocenters. The van der Waals surface area contributed by atoms with Crippen molar-refractivity contribution in [3.8, 4) is 5.75 Å². The second-order valence-electron chi connectivity index (χ2n) is 12.7. The second kappa shape index (κ2) is 9.30. The number of benzene rings is 1. The van der Waals surface area contributed by atoms with E-state index in [4.69, 9.17) is 0 Å². The number of hydrogen-bond donors (Lipinski definition) is 3. The fourth-order valence-electron chi connectivity index (χ4n) is 6.47. The number of hydrogen-bond acceptors (Lipinski definition) is 7. The van der Waals surface area contributed by atoms with Gasteiger partial charge in [0.1, 0.15) is 11.5 Å². The van der Waals surface area contributed by atoms with Crippen LogP contribution in [0.4, 0.5) is 0 Å². The summed E-state index contributed by atoms with van der Waals surface area (Å²) in [4.78, 5) is 53.0. The Morgan fingerprint density at radius 1 is 1.13 bits per heavy atom. The van der Waals surface area contributed by atoms with Gasteiger partial charge in [-0.15, -0.1) is 0 Å².